The molecule has 0 unspecified atom stereocenters. The number of rotatable bonds is 7. The minimum absolute atomic E-state index is 0.140. The molecule has 7 heteroatoms. The van der Waals surface area contributed by atoms with Crippen molar-refractivity contribution < 1.29 is 18.7 Å². The van der Waals surface area contributed by atoms with Crippen LogP contribution in [0, 0.1) is 13.8 Å². The van der Waals surface area contributed by atoms with E-state index in [4.69, 9.17) is 20.8 Å². The van der Waals surface area contributed by atoms with Crippen LogP contribution in [0.5, 0.6) is 5.75 Å². The van der Waals surface area contributed by atoms with Crippen LogP contribution in [0.2, 0.25) is 5.02 Å². The third kappa shape index (κ3) is 5.42. The molecule has 1 heterocycles. The van der Waals surface area contributed by atoms with Crippen molar-refractivity contribution >= 4 is 29.1 Å². The molecule has 3 aromatic rings. The SMILES string of the molecule is Cc1ccc(OCc2ccc(C(=O)N(C)CC(=O)Nc3ccccc3Cl)o2)c(C)c1. The molecule has 0 spiro atoms. The van der Waals surface area contributed by atoms with Gasteiger partial charge in [-0.1, -0.05) is 41.4 Å². The lowest BCUT2D eigenvalue weighted by molar-refractivity contribution is -0.116. The normalized spacial score (nSPS) is 10.5. The fourth-order valence-electron chi connectivity index (χ4n) is 2.91. The van der Waals surface area contributed by atoms with Gasteiger partial charge >= 0.3 is 0 Å². The van der Waals surface area contributed by atoms with Crippen LogP contribution >= 0.6 is 11.6 Å². The lowest BCUT2D eigenvalue weighted by Crippen LogP contribution is -2.34. The summed E-state index contributed by atoms with van der Waals surface area (Å²) in [6.45, 7) is 4.06. The molecule has 0 aliphatic heterocycles. The number of carbonyl (C=O) groups is 2. The van der Waals surface area contributed by atoms with Gasteiger partial charge in [-0.05, 0) is 49.7 Å². The fraction of sp³-hybridized carbons (Fsp3) is 0.217. The molecule has 0 fully saturated rings. The highest BCUT2D eigenvalue weighted by Crippen LogP contribution is 2.22. The number of para-hydroxylation sites is 1. The van der Waals surface area contributed by atoms with Crippen molar-refractivity contribution in [2.45, 2.75) is 20.5 Å². The van der Waals surface area contributed by atoms with Crippen molar-refractivity contribution in [3.05, 3.63) is 82.3 Å². The van der Waals surface area contributed by atoms with E-state index >= 15 is 0 Å². The van der Waals surface area contributed by atoms with E-state index in [2.05, 4.69) is 5.32 Å². The van der Waals surface area contributed by atoms with Gasteiger partial charge in [-0.25, -0.2) is 0 Å². The first-order chi connectivity index (χ1) is 14.3. The number of aryl methyl sites for hydroxylation is 2. The average Bonchev–Trinajstić information content (AvgIpc) is 3.17. The Hall–Kier alpha value is -3.25. The molecule has 6 nitrogen and oxygen atoms in total. The third-order valence-corrected chi connectivity index (χ3v) is 4.78. The highest BCUT2D eigenvalue weighted by molar-refractivity contribution is 6.33. The van der Waals surface area contributed by atoms with Gasteiger partial charge in [-0.3, -0.25) is 9.59 Å². The van der Waals surface area contributed by atoms with E-state index in [1.165, 1.54) is 11.9 Å². The fourth-order valence-corrected chi connectivity index (χ4v) is 3.09. The van der Waals surface area contributed by atoms with E-state index in [1.54, 1.807) is 36.4 Å². The predicted molar refractivity (Wildman–Crippen MR) is 116 cm³/mol. The van der Waals surface area contributed by atoms with E-state index in [1.807, 2.05) is 32.0 Å². The number of hydrogen-bond donors (Lipinski definition) is 1. The molecule has 0 radical (unpaired) electrons. The number of likely N-dealkylation sites (N-methyl/N-ethyl adjacent to an activating group) is 1. The zero-order valence-corrected chi connectivity index (χ0v) is 17.8. The van der Waals surface area contributed by atoms with Crippen molar-refractivity contribution in [1.82, 2.24) is 4.90 Å². The number of nitrogens with zero attached hydrogens (tertiary/aromatic N) is 1. The number of carbonyl (C=O) groups excluding carboxylic acids is 2. The van der Waals surface area contributed by atoms with Gasteiger partial charge in [-0.2, -0.15) is 0 Å². The molecule has 1 N–H and O–H groups in total. The van der Waals surface area contributed by atoms with Crippen LogP contribution in [-0.2, 0) is 11.4 Å². The largest absolute Gasteiger partial charge is 0.485 e. The summed E-state index contributed by atoms with van der Waals surface area (Å²) in [5.41, 5.74) is 2.68. The molecule has 0 aliphatic carbocycles. The summed E-state index contributed by atoms with van der Waals surface area (Å²) in [6, 6.07) is 16.1. The van der Waals surface area contributed by atoms with Crippen molar-refractivity contribution in [1.29, 1.82) is 0 Å². The number of benzene rings is 2. The molecule has 0 atom stereocenters. The molecule has 156 valence electrons. The molecule has 0 aliphatic rings. The minimum Gasteiger partial charge on any atom is -0.485 e. The lowest BCUT2D eigenvalue weighted by atomic mass is 10.1. The van der Waals surface area contributed by atoms with Gasteiger partial charge in [-0.15, -0.1) is 0 Å². The Morgan fingerprint density at radius 1 is 1.10 bits per heavy atom. The van der Waals surface area contributed by atoms with E-state index in [9.17, 15) is 9.59 Å². The lowest BCUT2D eigenvalue weighted by Gasteiger charge is -2.16. The number of hydrogen-bond acceptors (Lipinski definition) is 4. The molecule has 1 aromatic heterocycles. The second-order valence-electron chi connectivity index (χ2n) is 7.01. The summed E-state index contributed by atoms with van der Waals surface area (Å²) in [6.07, 6.45) is 0. The first-order valence-corrected chi connectivity index (χ1v) is 9.80. The van der Waals surface area contributed by atoms with Crippen molar-refractivity contribution in [3.63, 3.8) is 0 Å². The van der Waals surface area contributed by atoms with Gasteiger partial charge in [0.25, 0.3) is 5.91 Å². The van der Waals surface area contributed by atoms with Crippen LogP contribution in [0.4, 0.5) is 5.69 Å². The predicted octanol–water partition coefficient (Wildman–Crippen LogP) is 4.84. The molecular formula is C23H23ClN2O4. The van der Waals surface area contributed by atoms with Crippen LogP contribution in [0.15, 0.2) is 59.0 Å². The Morgan fingerprint density at radius 3 is 2.60 bits per heavy atom. The Kier molecular flexibility index (Phi) is 6.79. The standard InChI is InChI=1S/C23H23ClN2O4/c1-15-8-10-20(16(2)12-15)29-14-17-9-11-21(30-17)23(28)26(3)13-22(27)25-19-7-5-4-6-18(19)24/h4-12H,13-14H2,1-3H3,(H,25,27). The molecule has 30 heavy (non-hydrogen) atoms. The summed E-state index contributed by atoms with van der Waals surface area (Å²) in [5, 5.41) is 3.11. The van der Waals surface area contributed by atoms with Gasteiger partial charge < -0.3 is 19.4 Å². The Morgan fingerprint density at radius 2 is 1.87 bits per heavy atom. The first kappa shape index (κ1) is 21.5. The molecule has 2 aromatic carbocycles. The van der Waals surface area contributed by atoms with Crippen LogP contribution in [0.25, 0.3) is 0 Å². The number of anilines is 1. The number of nitrogens with one attached hydrogen (secondary N) is 1. The molecular weight excluding hydrogens is 404 g/mol. The molecule has 0 saturated carbocycles. The topological polar surface area (TPSA) is 71.8 Å². The Balaban J connectivity index is 1.55. The monoisotopic (exact) mass is 426 g/mol. The summed E-state index contributed by atoms with van der Waals surface area (Å²) in [5.74, 6) is 0.665. The van der Waals surface area contributed by atoms with Gasteiger partial charge in [0.15, 0.2) is 5.76 Å². The maximum atomic E-state index is 12.6. The first-order valence-electron chi connectivity index (χ1n) is 9.42. The third-order valence-electron chi connectivity index (χ3n) is 4.45. The number of furan rings is 1. The summed E-state index contributed by atoms with van der Waals surface area (Å²) < 4.78 is 11.4. The average molecular weight is 427 g/mol. The maximum Gasteiger partial charge on any atom is 0.289 e. The second-order valence-corrected chi connectivity index (χ2v) is 7.42. The second kappa shape index (κ2) is 9.50. The van der Waals surface area contributed by atoms with Gasteiger partial charge in [0.1, 0.15) is 18.1 Å². The zero-order valence-electron chi connectivity index (χ0n) is 17.1. The van der Waals surface area contributed by atoms with E-state index in [-0.39, 0.29) is 24.8 Å². The zero-order chi connectivity index (χ0) is 21.7. The smallest absolute Gasteiger partial charge is 0.289 e. The molecule has 0 bridgehead atoms. The Labute approximate surface area is 180 Å². The van der Waals surface area contributed by atoms with Gasteiger partial charge in [0.05, 0.1) is 17.3 Å². The summed E-state index contributed by atoms with van der Waals surface area (Å²) >= 11 is 6.04. The van der Waals surface area contributed by atoms with Crippen LogP contribution in [0.1, 0.15) is 27.4 Å². The molecule has 3 rings (SSSR count). The van der Waals surface area contributed by atoms with Gasteiger partial charge in [0.2, 0.25) is 5.91 Å². The maximum absolute atomic E-state index is 12.6. The van der Waals surface area contributed by atoms with E-state index in [0.29, 0.717) is 16.5 Å². The Bertz CT molecular complexity index is 1060. The van der Waals surface area contributed by atoms with Crippen molar-refractivity contribution in [2.24, 2.45) is 0 Å². The van der Waals surface area contributed by atoms with Crippen LogP contribution in [-0.4, -0.2) is 30.3 Å². The molecule has 0 saturated heterocycles. The van der Waals surface area contributed by atoms with E-state index in [0.717, 1.165) is 16.9 Å². The quantitative estimate of drug-likeness (QED) is 0.586. The highest BCUT2D eigenvalue weighted by atomic mass is 35.5. The van der Waals surface area contributed by atoms with Gasteiger partial charge in [0, 0.05) is 7.05 Å². The van der Waals surface area contributed by atoms with E-state index < -0.39 is 5.91 Å². The summed E-state index contributed by atoms with van der Waals surface area (Å²) in [4.78, 5) is 26.1. The van der Waals surface area contributed by atoms with Crippen LogP contribution in [0.3, 0.4) is 0 Å². The number of amides is 2. The van der Waals surface area contributed by atoms with Crippen molar-refractivity contribution in [2.75, 3.05) is 18.9 Å². The van der Waals surface area contributed by atoms with Crippen LogP contribution < -0.4 is 10.1 Å². The van der Waals surface area contributed by atoms with Crippen molar-refractivity contribution in [3.8, 4) is 5.75 Å². The molecule has 2 amide bonds. The number of ether oxygens (including phenoxy) is 1. The number of halogens is 1. The summed E-state index contributed by atoms with van der Waals surface area (Å²) in [7, 11) is 1.53. The highest BCUT2D eigenvalue weighted by Gasteiger charge is 2.19. The minimum atomic E-state index is -0.401.